The summed E-state index contributed by atoms with van der Waals surface area (Å²) in [5, 5.41) is 19.9. The van der Waals surface area contributed by atoms with Crippen molar-refractivity contribution >= 4 is 0 Å². The van der Waals surface area contributed by atoms with E-state index in [9.17, 15) is 13.2 Å². The molecule has 0 spiro atoms. The number of hydrogen-bond acceptors (Lipinski definition) is 3. The number of aliphatic hydroxyl groups is 2. The van der Waals surface area contributed by atoms with Crippen LogP contribution >= 0.6 is 0 Å². The molecule has 0 aromatic carbocycles. The van der Waals surface area contributed by atoms with Gasteiger partial charge in [0.15, 0.2) is 6.10 Å². The van der Waals surface area contributed by atoms with Crippen LogP contribution in [-0.2, 0) is 0 Å². The van der Waals surface area contributed by atoms with Crippen molar-refractivity contribution in [2.75, 3.05) is 19.7 Å². The Kier molecular flexibility index (Phi) is 5.55. The van der Waals surface area contributed by atoms with Crippen molar-refractivity contribution in [1.29, 1.82) is 0 Å². The summed E-state index contributed by atoms with van der Waals surface area (Å²) in [5.41, 5.74) is -0.278. The number of aliphatic hydroxyl groups excluding tert-OH is 2. The van der Waals surface area contributed by atoms with Crippen LogP contribution in [0, 0.1) is 5.41 Å². The molecule has 0 bridgehead atoms. The van der Waals surface area contributed by atoms with Crippen molar-refractivity contribution < 1.29 is 23.4 Å². The standard InChI is InChI=1S/C9H18F3NO2/c1-8(2,3-4-14)6-13-5-7(15)9(10,11)12/h7,13-15H,3-6H2,1-2H3. The minimum absolute atomic E-state index is 0.00347. The summed E-state index contributed by atoms with van der Waals surface area (Å²) in [5.74, 6) is 0. The molecule has 3 N–H and O–H groups in total. The molecule has 0 saturated heterocycles. The van der Waals surface area contributed by atoms with Gasteiger partial charge in [0.1, 0.15) is 0 Å². The average molecular weight is 229 g/mol. The number of nitrogens with one attached hydrogen (secondary N) is 1. The van der Waals surface area contributed by atoms with Gasteiger partial charge in [0.25, 0.3) is 0 Å². The monoisotopic (exact) mass is 229 g/mol. The molecule has 0 aliphatic rings. The van der Waals surface area contributed by atoms with Gasteiger partial charge in [0, 0.05) is 19.7 Å². The highest BCUT2D eigenvalue weighted by Gasteiger charge is 2.37. The van der Waals surface area contributed by atoms with E-state index in [0.717, 1.165) is 0 Å². The lowest BCUT2D eigenvalue weighted by atomic mass is 9.90. The molecule has 0 saturated carbocycles. The van der Waals surface area contributed by atoms with E-state index in [1.54, 1.807) is 0 Å². The summed E-state index contributed by atoms with van der Waals surface area (Å²) in [6.45, 7) is 3.46. The number of rotatable bonds is 6. The molecule has 0 aromatic heterocycles. The lowest BCUT2D eigenvalue weighted by molar-refractivity contribution is -0.202. The fourth-order valence-corrected chi connectivity index (χ4v) is 1.05. The van der Waals surface area contributed by atoms with Gasteiger partial charge in [-0.1, -0.05) is 13.8 Å². The maximum atomic E-state index is 11.9. The van der Waals surface area contributed by atoms with Gasteiger partial charge in [-0.25, -0.2) is 0 Å². The van der Waals surface area contributed by atoms with Crippen LogP contribution in [0.25, 0.3) is 0 Å². The van der Waals surface area contributed by atoms with Crippen molar-refractivity contribution in [3.05, 3.63) is 0 Å². The molecule has 6 heteroatoms. The molecule has 1 atom stereocenters. The van der Waals surface area contributed by atoms with E-state index in [1.165, 1.54) is 0 Å². The van der Waals surface area contributed by atoms with Crippen molar-refractivity contribution in [2.24, 2.45) is 5.41 Å². The molecule has 0 rings (SSSR count). The first-order valence-electron chi connectivity index (χ1n) is 4.75. The van der Waals surface area contributed by atoms with Crippen molar-refractivity contribution in [2.45, 2.75) is 32.5 Å². The van der Waals surface area contributed by atoms with Crippen LogP contribution in [0.15, 0.2) is 0 Å². The highest BCUT2D eigenvalue weighted by atomic mass is 19.4. The molecule has 0 aromatic rings. The van der Waals surface area contributed by atoms with Gasteiger partial charge in [-0.15, -0.1) is 0 Å². The van der Waals surface area contributed by atoms with E-state index in [0.29, 0.717) is 13.0 Å². The topological polar surface area (TPSA) is 52.5 Å². The van der Waals surface area contributed by atoms with Crippen LogP contribution in [-0.4, -0.2) is 42.2 Å². The number of hydrogen-bond donors (Lipinski definition) is 3. The second-order valence-electron chi connectivity index (χ2n) is 4.33. The summed E-state index contributed by atoms with van der Waals surface area (Å²) < 4.78 is 35.7. The zero-order valence-corrected chi connectivity index (χ0v) is 8.93. The highest BCUT2D eigenvalue weighted by Crippen LogP contribution is 2.21. The van der Waals surface area contributed by atoms with Gasteiger partial charge in [-0.05, 0) is 11.8 Å². The van der Waals surface area contributed by atoms with E-state index in [-0.39, 0.29) is 12.0 Å². The van der Waals surface area contributed by atoms with E-state index < -0.39 is 18.8 Å². The highest BCUT2D eigenvalue weighted by molar-refractivity contribution is 4.74. The second-order valence-corrected chi connectivity index (χ2v) is 4.33. The Hall–Kier alpha value is -0.330. The smallest absolute Gasteiger partial charge is 0.396 e. The molecule has 0 aliphatic carbocycles. The number of alkyl halides is 3. The van der Waals surface area contributed by atoms with Crippen LogP contribution < -0.4 is 5.32 Å². The van der Waals surface area contributed by atoms with E-state index in [1.807, 2.05) is 13.8 Å². The first-order chi connectivity index (χ1) is 6.69. The second kappa shape index (κ2) is 5.67. The van der Waals surface area contributed by atoms with Gasteiger partial charge in [-0.3, -0.25) is 0 Å². The molecular formula is C9H18F3NO2. The van der Waals surface area contributed by atoms with Gasteiger partial charge in [-0.2, -0.15) is 13.2 Å². The fraction of sp³-hybridized carbons (Fsp3) is 1.00. The van der Waals surface area contributed by atoms with Gasteiger partial charge in [0.05, 0.1) is 0 Å². The Morgan fingerprint density at radius 2 is 1.80 bits per heavy atom. The maximum absolute atomic E-state index is 11.9. The van der Waals surface area contributed by atoms with Gasteiger partial charge in [0.2, 0.25) is 0 Å². The number of halogens is 3. The van der Waals surface area contributed by atoms with Crippen LogP contribution in [0.2, 0.25) is 0 Å². The summed E-state index contributed by atoms with van der Waals surface area (Å²) in [6.07, 6.45) is -6.40. The Morgan fingerprint density at radius 1 is 1.27 bits per heavy atom. The largest absolute Gasteiger partial charge is 0.415 e. The summed E-state index contributed by atoms with van der Waals surface area (Å²) in [6, 6.07) is 0. The lowest BCUT2D eigenvalue weighted by Gasteiger charge is -2.25. The molecule has 0 aliphatic heterocycles. The molecular weight excluding hydrogens is 211 g/mol. The molecule has 0 radical (unpaired) electrons. The summed E-state index contributed by atoms with van der Waals surface area (Å²) in [7, 11) is 0. The first kappa shape index (κ1) is 14.7. The maximum Gasteiger partial charge on any atom is 0.415 e. The summed E-state index contributed by atoms with van der Waals surface area (Å²) in [4.78, 5) is 0. The predicted molar refractivity (Wildman–Crippen MR) is 50.4 cm³/mol. The third-order valence-electron chi connectivity index (χ3n) is 2.11. The molecule has 0 amide bonds. The first-order valence-corrected chi connectivity index (χ1v) is 4.75. The third kappa shape index (κ3) is 6.70. The third-order valence-corrected chi connectivity index (χ3v) is 2.11. The normalized spacial score (nSPS) is 15.4. The minimum atomic E-state index is -4.58. The fourth-order valence-electron chi connectivity index (χ4n) is 1.05. The minimum Gasteiger partial charge on any atom is -0.396 e. The van der Waals surface area contributed by atoms with Gasteiger partial charge >= 0.3 is 6.18 Å². The Morgan fingerprint density at radius 3 is 2.20 bits per heavy atom. The molecule has 92 valence electrons. The molecule has 15 heavy (non-hydrogen) atoms. The van der Waals surface area contributed by atoms with Crippen molar-refractivity contribution in [1.82, 2.24) is 5.32 Å². The van der Waals surface area contributed by atoms with Crippen molar-refractivity contribution in [3.63, 3.8) is 0 Å². The molecule has 0 heterocycles. The Labute approximate surface area is 87.3 Å². The van der Waals surface area contributed by atoms with E-state index in [4.69, 9.17) is 10.2 Å². The van der Waals surface area contributed by atoms with Crippen LogP contribution in [0.1, 0.15) is 20.3 Å². The van der Waals surface area contributed by atoms with Crippen LogP contribution in [0.3, 0.4) is 0 Å². The Bertz CT molecular complexity index is 183. The average Bonchev–Trinajstić information content (AvgIpc) is 2.01. The summed E-state index contributed by atoms with van der Waals surface area (Å²) >= 11 is 0. The van der Waals surface area contributed by atoms with E-state index >= 15 is 0 Å². The molecule has 1 unspecified atom stereocenters. The van der Waals surface area contributed by atoms with Crippen LogP contribution in [0.5, 0.6) is 0 Å². The lowest BCUT2D eigenvalue weighted by Crippen LogP contribution is -2.41. The Balaban J connectivity index is 3.79. The predicted octanol–water partition coefficient (Wildman–Crippen LogP) is 0.908. The zero-order valence-electron chi connectivity index (χ0n) is 8.93. The van der Waals surface area contributed by atoms with Gasteiger partial charge < -0.3 is 15.5 Å². The van der Waals surface area contributed by atoms with Crippen molar-refractivity contribution in [3.8, 4) is 0 Å². The zero-order chi connectivity index (χ0) is 12.1. The quantitative estimate of drug-likeness (QED) is 0.634. The SMILES string of the molecule is CC(C)(CCO)CNCC(O)C(F)(F)F. The molecule has 3 nitrogen and oxygen atoms in total. The van der Waals surface area contributed by atoms with E-state index in [2.05, 4.69) is 5.32 Å². The molecule has 0 fully saturated rings. The van der Waals surface area contributed by atoms with Crippen LogP contribution in [0.4, 0.5) is 13.2 Å².